The summed E-state index contributed by atoms with van der Waals surface area (Å²) in [6, 6.07) is 20.8. The summed E-state index contributed by atoms with van der Waals surface area (Å²) < 4.78 is 0. The molecule has 3 aliphatic heterocycles. The smallest absolute Gasteiger partial charge is 0.249 e. The molecule has 4 heterocycles. The first-order valence-corrected chi connectivity index (χ1v) is 18.8. The van der Waals surface area contributed by atoms with E-state index in [-0.39, 0.29) is 23.6 Å². The number of nitrogens with one attached hydrogen (secondary N) is 3. The number of rotatable bonds is 7. The molecule has 3 saturated heterocycles. The van der Waals surface area contributed by atoms with Gasteiger partial charge in [0.25, 0.3) is 0 Å². The minimum absolute atomic E-state index is 0.0678. The van der Waals surface area contributed by atoms with Crippen LogP contribution in [0.4, 0.5) is 11.4 Å². The zero-order chi connectivity index (χ0) is 36.1. The molecule has 2 amide bonds. The lowest BCUT2D eigenvalue weighted by atomic mass is 9.70. The van der Waals surface area contributed by atoms with Gasteiger partial charge in [-0.15, -0.1) is 0 Å². The highest BCUT2D eigenvalue weighted by atomic mass is 16.2. The molecule has 268 valence electrons. The molecule has 8 rings (SSSR count). The van der Waals surface area contributed by atoms with Gasteiger partial charge in [0.2, 0.25) is 11.8 Å². The third-order valence-electron chi connectivity index (χ3n) is 12.0. The number of H-pyrrole nitrogens is 1. The molecule has 10 nitrogen and oxygen atoms in total. The predicted octanol–water partition coefficient (Wildman–Crippen LogP) is 5.48. The lowest BCUT2D eigenvalue weighted by molar-refractivity contribution is -0.133. The molecule has 52 heavy (non-hydrogen) atoms. The summed E-state index contributed by atoms with van der Waals surface area (Å²) >= 11 is 0. The number of fused-ring (bicyclic) bond motifs is 4. The zero-order valence-electron chi connectivity index (χ0n) is 30.3. The van der Waals surface area contributed by atoms with Crippen molar-refractivity contribution in [2.75, 3.05) is 49.5 Å². The maximum Gasteiger partial charge on any atom is 0.249 e. The number of aromatic nitrogens is 1. The summed E-state index contributed by atoms with van der Waals surface area (Å²) in [4.78, 5) is 49.0. The number of aryl methyl sites for hydroxylation is 1. The molecule has 4 aliphatic rings. The molecule has 3 aromatic carbocycles. The van der Waals surface area contributed by atoms with Gasteiger partial charge in [-0.3, -0.25) is 29.5 Å². The normalized spacial score (nSPS) is 21.1. The van der Waals surface area contributed by atoms with E-state index >= 15 is 0 Å². The van der Waals surface area contributed by atoms with Crippen LogP contribution < -0.4 is 15.5 Å². The lowest BCUT2D eigenvalue weighted by Crippen LogP contribution is -2.53. The van der Waals surface area contributed by atoms with Crippen LogP contribution >= 0.6 is 0 Å². The molecule has 1 unspecified atom stereocenters. The van der Waals surface area contributed by atoms with Gasteiger partial charge < -0.3 is 15.2 Å². The predicted molar refractivity (Wildman–Crippen MR) is 203 cm³/mol. The number of aromatic amines is 1. The van der Waals surface area contributed by atoms with E-state index in [2.05, 4.69) is 81.4 Å². The number of hydrogen-bond donors (Lipinski definition) is 3. The first kappa shape index (κ1) is 34.1. The molecule has 1 atom stereocenters. The van der Waals surface area contributed by atoms with Crippen LogP contribution in [0.1, 0.15) is 90.3 Å². The van der Waals surface area contributed by atoms with Gasteiger partial charge >= 0.3 is 0 Å². The largest absolute Gasteiger partial charge is 0.374 e. The fourth-order valence-corrected chi connectivity index (χ4v) is 8.91. The number of piperidine rings is 2. The van der Waals surface area contributed by atoms with Gasteiger partial charge in [-0.05, 0) is 78.8 Å². The maximum atomic E-state index is 14.1. The van der Waals surface area contributed by atoms with Crippen LogP contribution in [0.5, 0.6) is 0 Å². The quantitative estimate of drug-likeness (QED) is 0.217. The van der Waals surface area contributed by atoms with Crippen molar-refractivity contribution in [3.63, 3.8) is 0 Å². The van der Waals surface area contributed by atoms with Gasteiger partial charge in [-0.2, -0.15) is 5.26 Å². The highest BCUT2D eigenvalue weighted by Gasteiger charge is 2.41. The van der Waals surface area contributed by atoms with Crippen LogP contribution in [0, 0.1) is 11.3 Å². The third kappa shape index (κ3) is 6.16. The minimum atomic E-state index is -0.391. The second kappa shape index (κ2) is 13.5. The van der Waals surface area contributed by atoms with E-state index in [1.165, 1.54) is 16.8 Å². The molecule has 3 N–H and O–H groups in total. The van der Waals surface area contributed by atoms with Crippen molar-refractivity contribution in [2.24, 2.45) is 0 Å². The summed E-state index contributed by atoms with van der Waals surface area (Å²) in [5.74, 6) is -0.385. The van der Waals surface area contributed by atoms with Gasteiger partial charge in [-0.1, -0.05) is 39.0 Å². The standard InChI is InChI=1S/C42H47N7O3/c1-4-28-22-32-33(42(2,3)40-38(39(32)51)31-10-7-27(24-43)21-35(31)45-40)23-36(28)49-15-13-30(14-16-49)48-19-17-47(18-20-48)25-26-5-8-29(9-6-26)44-34-11-12-37(50)46-41(34)52/h5-10,21-23,30,34,44-45H,4,11-20,25H2,1-3H3,(H,46,50,52). The number of benzene rings is 3. The summed E-state index contributed by atoms with van der Waals surface area (Å²) in [5, 5.41) is 16.0. The number of carbonyl (C=O) groups excluding carboxylic acids is 3. The fraction of sp³-hybridized carbons (Fsp3) is 0.429. The molecule has 0 bridgehead atoms. The Morgan fingerprint density at radius 2 is 1.67 bits per heavy atom. The van der Waals surface area contributed by atoms with Crippen LogP contribution in [-0.4, -0.2) is 83.7 Å². The minimum Gasteiger partial charge on any atom is -0.374 e. The van der Waals surface area contributed by atoms with Crippen LogP contribution in [0.2, 0.25) is 0 Å². The van der Waals surface area contributed by atoms with Gasteiger partial charge in [0.05, 0.1) is 17.2 Å². The lowest BCUT2D eigenvalue weighted by Gasteiger charge is -2.44. The molecule has 0 saturated carbocycles. The van der Waals surface area contributed by atoms with Crippen molar-refractivity contribution in [1.29, 1.82) is 5.26 Å². The van der Waals surface area contributed by atoms with E-state index in [0.717, 1.165) is 104 Å². The zero-order valence-corrected chi connectivity index (χ0v) is 30.3. The summed E-state index contributed by atoms with van der Waals surface area (Å²) in [7, 11) is 0. The van der Waals surface area contributed by atoms with Gasteiger partial charge in [0, 0.05) is 97.2 Å². The Hall–Kier alpha value is -4.98. The van der Waals surface area contributed by atoms with Crippen LogP contribution in [0.15, 0.2) is 54.6 Å². The van der Waals surface area contributed by atoms with Crippen molar-refractivity contribution in [1.82, 2.24) is 20.1 Å². The van der Waals surface area contributed by atoms with E-state index in [1.807, 2.05) is 24.3 Å². The molecule has 3 fully saturated rings. The molecule has 10 heteroatoms. The van der Waals surface area contributed by atoms with Gasteiger partial charge in [-0.25, -0.2) is 0 Å². The van der Waals surface area contributed by atoms with Crippen molar-refractivity contribution < 1.29 is 14.4 Å². The Bertz CT molecular complexity index is 2090. The van der Waals surface area contributed by atoms with Crippen molar-refractivity contribution in [3.8, 4) is 6.07 Å². The number of amides is 2. The summed E-state index contributed by atoms with van der Waals surface area (Å²) in [6.45, 7) is 13.7. The highest BCUT2D eigenvalue weighted by molar-refractivity contribution is 6.20. The van der Waals surface area contributed by atoms with E-state index in [9.17, 15) is 19.6 Å². The van der Waals surface area contributed by atoms with Crippen LogP contribution in [0.3, 0.4) is 0 Å². The summed E-state index contributed by atoms with van der Waals surface area (Å²) in [5.41, 5.74) is 9.22. The molecular weight excluding hydrogens is 651 g/mol. The first-order valence-electron chi connectivity index (χ1n) is 18.8. The number of nitrogens with zero attached hydrogens (tertiary/aromatic N) is 4. The van der Waals surface area contributed by atoms with E-state index < -0.39 is 5.41 Å². The molecule has 0 spiro atoms. The maximum absolute atomic E-state index is 14.1. The Balaban J connectivity index is 0.886. The second-order valence-electron chi connectivity index (χ2n) is 15.5. The first-order chi connectivity index (χ1) is 25.1. The Morgan fingerprint density at radius 3 is 2.37 bits per heavy atom. The number of carbonyl (C=O) groups is 3. The number of imide groups is 1. The van der Waals surface area contributed by atoms with Crippen molar-refractivity contribution in [3.05, 3.63) is 93.7 Å². The Morgan fingerprint density at radius 1 is 0.923 bits per heavy atom. The average Bonchev–Trinajstić information content (AvgIpc) is 3.56. The van der Waals surface area contributed by atoms with Crippen LogP contribution in [0.25, 0.3) is 10.9 Å². The number of anilines is 2. The highest BCUT2D eigenvalue weighted by Crippen LogP contribution is 2.46. The van der Waals surface area contributed by atoms with Crippen molar-refractivity contribution >= 4 is 39.9 Å². The second-order valence-corrected chi connectivity index (χ2v) is 15.5. The number of nitriles is 1. The van der Waals surface area contributed by atoms with E-state index in [4.69, 9.17) is 0 Å². The number of hydrogen-bond acceptors (Lipinski definition) is 8. The molecular formula is C42H47N7O3. The van der Waals surface area contributed by atoms with Crippen molar-refractivity contribution in [2.45, 2.75) is 76.9 Å². The summed E-state index contributed by atoms with van der Waals surface area (Å²) in [6.07, 6.45) is 3.99. The number of piperazine rings is 1. The third-order valence-corrected chi connectivity index (χ3v) is 12.0. The average molecular weight is 698 g/mol. The van der Waals surface area contributed by atoms with E-state index in [0.29, 0.717) is 24.4 Å². The molecule has 1 aromatic heterocycles. The SMILES string of the molecule is CCc1cc2c(cc1N1CCC(N3CCN(Cc4ccc(NC5CCC(=O)NC5=O)cc4)CC3)CC1)C(C)(C)c1[nH]c3cc(C#N)ccc3c1C2=O. The Kier molecular flexibility index (Phi) is 8.88. The Labute approximate surface area is 305 Å². The monoisotopic (exact) mass is 697 g/mol. The molecule has 0 radical (unpaired) electrons. The number of ketones is 1. The van der Waals surface area contributed by atoms with Gasteiger partial charge in [0.15, 0.2) is 5.78 Å². The van der Waals surface area contributed by atoms with Gasteiger partial charge in [0.1, 0.15) is 6.04 Å². The molecule has 1 aliphatic carbocycles. The van der Waals surface area contributed by atoms with E-state index in [1.54, 1.807) is 6.07 Å². The van der Waals surface area contributed by atoms with Crippen LogP contribution in [-0.2, 0) is 28.0 Å². The topological polar surface area (TPSA) is 125 Å². The molecule has 4 aromatic rings. The fourth-order valence-electron chi connectivity index (χ4n) is 8.91.